The van der Waals surface area contributed by atoms with E-state index in [1.807, 2.05) is 6.92 Å². The second-order valence-electron chi connectivity index (χ2n) is 4.55. The van der Waals surface area contributed by atoms with Crippen molar-refractivity contribution in [2.75, 3.05) is 19.6 Å². The minimum Gasteiger partial charge on any atom is -0.314 e. The van der Waals surface area contributed by atoms with Crippen molar-refractivity contribution < 1.29 is 12.8 Å². The van der Waals surface area contributed by atoms with Gasteiger partial charge in [0.2, 0.25) is 10.0 Å². The lowest BCUT2D eigenvalue weighted by Gasteiger charge is -2.33. The van der Waals surface area contributed by atoms with Crippen molar-refractivity contribution in [1.29, 1.82) is 0 Å². The molecule has 18 heavy (non-hydrogen) atoms. The van der Waals surface area contributed by atoms with Crippen LogP contribution in [0.15, 0.2) is 23.1 Å². The molecule has 1 aliphatic rings. The van der Waals surface area contributed by atoms with Gasteiger partial charge in [0.25, 0.3) is 0 Å². The molecule has 1 aromatic rings. The monoisotopic (exact) mass is 272 g/mol. The summed E-state index contributed by atoms with van der Waals surface area (Å²) < 4.78 is 40.2. The van der Waals surface area contributed by atoms with Crippen molar-refractivity contribution in [3.63, 3.8) is 0 Å². The smallest absolute Gasteiger partial charge is 0.246 e. The van der Waals surface area contributed by atoms with Crippen LogP contribution in [-0.4, -0.2) is 38.4 Å². The van der Waals surface area contributed by atoms with E-state index in [2.05, 4.69) is 5.32 Å². The number of nitrogens with zero attached hydrogens (tertiary/aromatic N) is 1. The molecule has 0 amide bonds. The summed E-state index contributed by atoms with van der Waals surface area (Å²) in [5.41, 5.74) is 0.445. The zero-order chi connectivity index (χ0) is 13.3. The second-order valence-corrected chi connectivity index (χ2v) is 6.38. The fourth-order valence-electron chi connectivity index (χ4n) is 2.24. The molecule has 1 atom stereocenters. The van der Waals surface area contributed by atoms with E-state index in [0.717, 1.165) is 0 Å². The third-order valence-electron chi connectivity index (χ3n) is 3.17. The molecule has 0 spiro atoms. The first kappa shape index (κ1) is 13.5. The maximum atomic E-state index is 13.8. The molecule has 0 aliphatic carbocycles. The van der Waals surface area contributed by atoms with Gasteiger partial charge in [0.15, 0.2) is 0 Å². The van der Waals surface area contributed by atoms with E-state index in [9.17, 15) is 12.8 Å². The van der Waals surface area contributed by atoms with Gasteiger partial charge in [-0.05, 0) is 25.5 Å². The zero-order valence-electron chi connectivity index (χ0n) is 10.5. The first-order valence-corrected chi connectivity index (χ1v) is 7.36. The third kappa shape index (κ3) is 2.28. The van der Waals surface area contributed by atoms with E-state index in [4.69, 9.17) is 0 Å². The molecule has 0 bridgehead atoms. The molecule has 1 fully saturated rings. The predicted molar refractivity (Wildman–Crippen MR) is 67.4 cm³/mol. The van der Waals surface area contributed by atoms with Crippen LogP contribution in [0.2, 0.25) is 0 Å². The maximum Gasteiger partial charge on any atom is 0.246 e. The molecule has 100 valence electrons. The van der Waals surface area contributed by atoms with Gasteiger partial charge in [-0.25, -0.2) is 12.8 Å². The van der Waals surface area contributed by atoms with Crippen LogP contribution < -0.4 is 5.32 Å². The van der Waals surface area contributed by atoms with Crippen molar-refractivity contribution in [1.82, 2.24) is 9.62 Å². The fourth-order valence-corrected chi connectivity index (χ4v) is 4.14. The maximum absolute atomic E-state index is 13.8. The minimum atomic E-state index is -3.75. The number of aryl methyl sites for hydroxylation is 1. The van der Waals surface area contributed by atoms with Crippen LogP contribution in [0.4, 0.5) is 4.39 Å². The van der Waals surface area contributed by atoms with Crippen LogP contribution in [0.1, 0.15) is 12.5 Å². The highest BCUT2D eigenvalue weighted by Gasteiger charge is 2.33. The Kier molecular flexibility index (Phi) is 3.70. The highest BCUT2D eigenvalue weighted by Crippen LogP contribution is 2.24. The Bertz CT molecular complexity index is 525. The minimum absolute atomic E-state index is 0.164. The molecule has 1 saturated heterocycles. The van der Waals surface area contributed by atoms with Crippen LogP contribution in [0.5, 0.6) is 0 Å². The number of hydrogen-bond acceptors (Lipinski definition) is 3. The van der Waals surface area contributed by atoms with Crippen molar-refractivity contribution in [3.8, 4) is 0 Å². The molecule has 1 N–H and O–H groups in total. The lowest BCUT2D eigenvalue weighted by Crippen LogP contribution is -2.52. The first-order valence-electron chi connectivity index (χ1n) is 5.92. The average Bonchev–Trinajstić information content (AvgIpc) is 2.28. The molecule has 1 aromatic carbocycles. The van der Waals surface area contributed by atoms with Gasteiger partial charge in [-0.2, -0.15) is 4.31 Å². The summed E-state index contributed by atoms with van der Waals surface area (Å²) in [5, 5.41) is 3.12. The summed E-state index contributed by atoms with van der Waals surface area (Å²) in [4.78, 5) is -0.196. The van der Waals surface area contributed by atoms with E-state index in [1.54, 1.807) is 13.0 Å². The molecule has 1 unspecified atom stereocenters. The Balaban J connectivity index is 2.48. The van der Waals surface area contributed by atoms with E-state index >= 15 is 0 Å². The van der Waals surface area contributed by atoms with Gasteiger partial charge in [0.1, 0.15) is 10.7 Å². The van der Waals surface area contributed by atoms with Gasteiger partial charge in [-0.1, -0.05) is 12.1 Å². The summed E-state index contributed by atoms with van der Waals surface area (Å²) in [7, 11) is -3.75. The van der Waals surface area contributed by atoms with Crippen LogP contribution in [0.3, 0.4) is 0 Å². The van der Waals surface area contributed by atoms with Crippen LogP contribution >= 0.6 is 0 Å². The zero-order valence-corrected chi connectivity index (χ0v) is 11.3. The molecule has 0 aromatic heterocycles. The molecule has 1 heterocycles. The molecule has 0 saturated carbocycles. The molecule has 2 rings (SSSR count). The van der Waals surface area contributed by atoms with E-state index in [-0.39, 0.29) is 10.9 Å². The van der Waals surface area contributed by atoms with Gasteiger partial charge in [-0.15, -0.1) is 0 Å². The number of nitrogens with one attached hydrogen (secondary N) is 1. The summed E-state index contributed by atoms with van der Waals surface area (Å²) in [6, 6.07) is 4.16. The van der Waals surface area contributed by atoms with Crippen molar-refractivity contribution >= 4 is 10.0 Å². The fraction of sp³-hybridized carbons (Fsp3) is 0.500. The molecule has 1 aliphatic heterocycles. The number of benzene rings is 1. The van der Waals surface area contributed by atoms with Crippen molar-refractivity contribution in [3.05, 3.63) is 29.6 Å². The summed E-state index contributed by atoms with van der Waals surface area (Å²) >= 11 is 0. The van der Waals surface area contributed by atoms with Gasteiger partial charge in [0.05, 0.1) is 0 Å². The van der Waals surface area contributed by atoms with Crippen LogP contribution in [0.25, 0.3) is 0 Å². The van der Waals surface area contributed by atoms with Gasteiger partial charge < -0.3 is 5.32 Å². The largest absolute Gasteiger partial charge is 0.314 e. The number of hydrogen-bond donors (Lipinski definition) is 1. The summed E-state index contributed by atoms with van der Waals surface area (Å²) in [6.07, 6.45) is 0. The predicted octanol–water partition coefficient (Wildman–Crippen LogP) is 1.12. The average molecular weight is 272 g/mol. The van der Waals surface area contributed by atoms with Gasteiger partial charge in [-0.3, -0.25) is 0 Å². The summed E-state index contributed by atoms with van der Waals surface area (Å²) in [5.74, 6) is -0.680. The Hall–Kier alpha value is -0.980. The number of halogens is 1. The molecule has 6 heteroatoms. The Morgan fingerprint density at radius 3 is 2.78 bits per heavy atom. The molecule has 0 radical (unpaired) electrons. The van der Waals surface area contributed by atoms with Crippen molar-refractivity contribution in [2.24, 2.45) is 0 Å². The van der Waals surface area contributed by atoms with Crippen LogP contribution in [-0.2, 0) is 10.0 Å². The Labute approximate surface area is 107 Å². The summed E-state index contributed by atoms with van der Waals surface area (Å²) in [6.45, 7) is 4.99. The van der Waals surface area contributed by atoms with Crippen molar-refractivity contribution in [2.45, 2.75) is 24.8 Å². The van der Waals surface area contributed by atoms with Crippen LogP contribution in [0, 0.1) is 12.7 Å². The highest BCUT2D eigenvalue weighted by atomic mass is 32.2. The Morgan fingerprint density at radius 1 is 1.44 bits per heavy atom. The quantitative estimate of drug-likeness (QED) is 0.877. The van der Waals surface area contributed by atoms with E-state index in [1.165, 1.54) is 16.4 Å². The molecule has 4 nitrogen and oxygen atoms in total. The normalized spacial score (nSPS) is 22.1. The lowest BCUT2D eigenvalue weighted by molar-refractivity contribution is 0.282. The lowest BCUT2D eigenvalue weighted by atomic mass is 10.2. The number of sulfonamides is 1. The topological polar surface area (TPSA) is 49.4 Å². The molecular formula is C12H17FN2O2S. The molecular weight excluding hydrogens is 255 g/mol. The highest BCUT2D eigenvalue weighted by molar-refractivity contribution is 7.89. The van der Waals surface area contributed by atoms with E-state index in [0.29, 0.717) is 25.2 Å². The first-order chi connectivity index (χ1) is 8.44. The SMILES string of the molecule is Cc1cccc(F)c1S(=O)(=O)N1CCNCC1C. The number of rotatable bonds is 2. The van der Waals surface area contributed by atoms with Gasteiger partial charge >= 0.3 is 0 Å². The van der Waals surface area contributed by atoms with Gasteiger partial charge in [0, 0.05) is 25.7 Å². The number of piperazine rings is 1. The van der Waals surface area contributed by atoms with E-state index < -0.39 is 15.8 Å². The standard InChI is InChI=1S/C12H17FN2O2S/c1-9-4-3-5-11(13)12(9)18(16,17)15-7-6-14-8-10(15)2/h3-5,10,14H,6-8H2,1-2H3. The third-order valence-corrected chi connectivity index (χ3v) is 5.36. The Morgan fingerprint density at radius 2 is 2.17 bits per heavy atom. The second kappa shape index (κ2) is 4.95.